The second-order valence-electron chi connectivity index (χ2n) is 6.49. The number of hydrogen-bond acceptors (Lipinski definition) is 5. The SMILES string of the molecule is O=C(Cc1cc(N2CCS(=O)(=O)CC2)cc(C(F)(F)F)c1)Oc1ccccc1. The first-order valence-electron chi connectivity index (χ1n) is 8.55. The molecule has 0 spiro atoms. The van der Waals surface area contributed by atoms with Gasteiger partial charge in [-0.15, -0.1) is 0 Å². The first-order chi connectivity index (χ1) is 13.1. The molecule has 1 fully saturated rings. The Morgan fingerprint density at radius 1 is 1.04 bits per heavy atom. The summed E-state index contributed by atoms with van der Waals surface area (Å²) < 4.78 is 68.2. The number of benzene rings is 2. The van der Waals surface area contributed by atoms with Gasteiger partial charge in [-0.2, -0.15) is 13.2 Å². The zero-order valence-electron chi connectivity index (χ0n) is 14.8. The highest BCUT2D eigenvalue weighted by molar-refractivity contribution is 7.91. The molecule has 2 aromatic rings. The van der Waals surface area contributed by atoms with Gasteiger partial charge in [-0.3, -0.25) is 4.79 Å². The van der Waals surface area contributed by atoms with E-state index in [0.717, 1.165) is 12.1 Å². The van der Waals surface area contributed by atoms with Crippen LogP contribution >= 0.6 is 0 Å². The smallest absolute Gasteiger partial charge is 0.416 e. The number of alkyl halides is 3. The highest BCUT2D eigenvalue weighted by atomic mass is 32.2. The molecule has 3 rings (SSSR count). The largest absolute Gasteiger partial charge is 0.426 e. The summed E-state index contributed by atoms with van der Waals surface area (Å²) in [5, 5.41) is 0. The predicted molar refractivity (Wildman–Crippen MR) is 98.1 cm³/mol. The van der Waals surface area contributed by atoms with E-state index in [2.05, 4.69) is 0 Å². The van der Waals surface area contributed by atoms with Crippen molar-refractivity contribution in [3.63, 3.8) is 0 Å². The molecule has 0 N–H and O–H groups in total. The maximum Gasteiger partial charge on any atom is 0.416 e. The van der Waals surface area contributed by atoms with Crippen molar-refractivity contribution in [1.82, 2.24) is 0 Å². The molecular weight excluding hydrogens is 395 g/mol. The standard InChI is InChI=1S/C19H18F3NO4S/c20-19(21,22)15-10-14(12-18(24)27-17-4-2-1-3-5-17)11-16(13-15)23-6-8-28(25,26)9-7-23/h1-5,10-11,13H,6-9,12H2. The maximum atomic E-state index is 13.3. The Morgan fingerprint density at radius 3 is 2.29 bits per heavy atom. The monoisotopic (exact) mass is 413 g/mol. The minimum absolute atomic E-state index is 0.109. The van der Waals surface area contributed by atoms with Crippen molar-refractivity contribution in [1.29, 1.82) is 0 Å². The van der Waals surface area contributed by atoms with Crippen molar-refractivity contribution < 1.29 is 31.1 Å². The molecule has 1 saturated heterocycles. The zero-order valence-corrected chi connectivity index (χ0v) is 15.6. The lowest BCUT2D eigenvalue weighted by Gasteiger charge is -2.29. The van der Waals surface area contributed by atoms with Gasteiger partial charge in [0.15, 0.2) is 9.84 Å². The molecule has 2 aromatic carbocycles. The highest BCUT2D eigenvalue weighted by Crippen LogP contribution is 2.33. The average molecular weight is 413 g/mol. The van der Waals surface area contributed by atoms with E-state index >= 15 is 0 Å². The number of halogens is 3. The van der Waals surface area contributed by atoms with Crippen molar-refractivity contribution in [2.45, 2.75) is 12.6 Å². The van der Waals surface area contributed by atoms with Crippen LogP contribution in [0.25, 0.3) is 0 Å². The van der Waals surface area contributed by atoms with Crippen LogP contribution in [0.15, 0.2) is 48.5 Å². The van der Waals surface area contributed by atoms with E-state index in [9.17, 15) is 26.4 Å². The molecule has 0 atom stereocenters. The van der Waals surface area contributed by atoms with E-state index in [-0.39, 0.29) is 42.3 Å². The number of ether oxygens (including phenoxy) is 1. The molecule has 28 heavy (non-hydrogen) atoms. The van der Waals surface area contributed by atoms with Crippen molar-refractivity contribution in [2.75, 3.05) is 29.5 Å². The fourth-order valence-corrected chi connectivity index (χ4v) is 4.12. The van der Waals surface area contributed by atoms with Gasteiger partial charge in [0.25, 0.3) is 0 Å². The third kappa shape index (κ3) is 5.25. The fraction of sp³-hybridized carbons (Fsp3) is 0.316. The summed E-state index contributed by atoms with van der Waals surface area (Å²) in [6.07, 6.45) is -4.92. The molecule has 150 valence electrons. The van der Waals surface area contributed by atoms with Gasteiger partial charge in [0, 0.05) is 18.8 Å². The van der Waals surface area contributed by atoms with Gasteiger partial charge < -0.3 is 9.64 Å². The number of nitrogens with zero attached hydrogens (tertiary/aromatic N) is 1. The highest BCUT2D eigenvalue weighted by Gasteiger charge is 2.32. The number of esters is 1. The zero-order chi connectivity index (χ0) is 20.4. The summed E-state index contributed by atoms with van der Waals surface area (Å²) >= 11 is 0. The molecule has 0 aliphatic carbocycles. The van der Waals surface area contributed by atoms with Crippen LogP contribution in [0.5, 0.6) is 5.75 Å². The van der Waals surface area contributed by atoms with Gasteiger partial charge in [-0.25, -0.2) is 8.42 Å². The normalized spacial score (nSPS) is 16.6. The van der Waals surface area contributed by atoms with E-state index in [1.54, 1.807) is 35.2 Å². The third-order valence-corrected chi connectivity index (χ3v) is 5.95. The number of para-hydroxylation sites is 1. The summed E-state index contributed by atoms with van der Waals surface area (Å²) in [7, 11) is -3.16. The average Bonchev–Trinajstić information content (AvgIpc) is 2.61. The Labute approximate surface area is 160 Å². The quantitative estimate of drug-likeness (QED) is 0.569. The number of anilines is 1. The van der Waals surface area contributed by atoms with Gasteiger partial charge in [-0.05, 0) is 35.9 Å². The van der Waals surface area contributed by atoms with Crippen molar-refractivity contribution >= 4 is 21.5 Å². The topological polar surface area (TPSA) is 63.7 Å². The Kier molecular flexibility index (Phi) is 5.64. The number of carbonyl (C=O) groups is 1. The van der Waals surface area contributed by atoms with E-state index in [1.165, 1.54) is 6.07 Å². The lowest BCUT2D eigenvalue weighted by atomic mass is 10.1. The van der Waals surface area contributed by atoms with E-state index in [1.807, 2.05) is 0 Å². The van der Waals surface area contributed by atoms with Gasteiger partial charge in [-0.1, -0.05) is 18.2 Å². The number of carbonyl (C=O) groups excluding carboxylic acids is 1. The number of rotatable bonds is 4. The Bertz CT molecular complexity index is 945. The molecular formula is C19H18F3NO4S. The Morgan fingerprint density at radius 2 is 1.68 bits per heavy atom. The molecule has 1 aliphatic heterocycles. The minimum atomic E-state index is -4.59. The molecule has 0 unspecified atom stereocenters. The first kappa shape index (κ1) is 20.2. The van der Waals surface area contributed by atoms with Crippen LogP contribution in [0.3, 0.4) is 0 Å². The van der Waals surface area contributed by atoms with Gasteiger partial charge in [0.1, 0.15) is 5.75 Å². The summed E-state index contributed by atoms with van der Waals surface area (Å²) in [4.78, 5) is 13.7. The van der Waals surface area contributed by atoms with Crippen LogP contribution in [0.2, 0.25) is 0 Å². The lowest BCUT2D eigenvalue weighted by molar-refractivity contribution is -0.138. The van der Waals surface area contributed by atoms with Crippen molar-refractivity contribution in [2.24, 2.45) is 0 Å². The molecule has 0 amide bonds. The van der Waals surface area contributed by atoms with Crippen LogP contribution in [-0.4, -0.2) is 39.0 Å². The fourth-order valence-electron chi connectivity index (χ4n) is 2.92. The van der Waals surface area contributed by atoms with E-state index < -0.39 is 27.5 Å². The van der Waals surface area contributed by atoms with Crippen LogP contribution in [0.1, 0.15) is 11.1 Å². The lowest BCUT2D eigenvalue weighted by Crippen LogP contribution is -2.40. The molecule has 0 aromatic heterocycles. The van der Waals surface area contributed by atoms with Crippen molar-refractivity contribution in [3.05, 3.63) is 59.7 Å². The van der Waals surface area contributed by atoms with Crippen LogP contribution in [0, 0.1) is 0 Å². The molecule has 0 radical (unpaired) electrons. The maximum absolute atomic E-state index is 13.3. The number of sulfone groups is 1. The van der Waals surface area contributed by atoms with E-state index in [0.29, 0.717) is 5.75 Å². The minimum Gasteiger partial charge on any atom is -0.426 e. The second-order valence-corrected chi connectivity index (χ2v) is 8.79. The van der Waals surface area contributed by atoms with Crippen LogP contribution in [0.4, 0.5) is 18.9 Å². The predicted octanol–water partition coefficient (Wildman–Crippen LogP) is 3.09. The van der Waals surface area contributed by atoms with Crippen LogP contribution in [-0.2, 0) is 27.2 Å². The first-order valence-corrected chi connectivity index (χ1v) is 10.4. The molecule has 9 heteroatoms. The third-order valence-electron chi connectivity index (χ3n) is 4.34. The van der Waals surface area contributed by atoms with Gasteiger partial charge >= 0.3 is 12.1 Å². The molecule has 5 nitrogen and oxygen atoms in total. The van der Waals surface area contributed by atoms with Gasteiger partial charge in [0.2, 0.25) is 0 Å². The van der Waals surface area contributed by atoms with E-state index in [4.69, 9.17) is 4.74 Å². The summed E-state index contributed by atoms with van der Waals surface area (Å²) in [6.45, 7) is 0.217. The van der Waals surface area contributed by atoms with Gasteiger partial charge in [0.05, 0.1) is 23.5 Å². The second kappa shape index (κ2) is 7.83. The van der Waals surface area contributed by atoms with Crippen LogP contribution < -0.4 is 9.64 Å². The Hall–Kier alpha value is -2.55. The summed E-state index contributed by atoms with van der Waals surface area (Å²) in [5.41, 5.74) is -0.493. The summed E-state index contributed by atoms with van der Waals surface area (Å²) in [6, 6.07) is 11.6. The molecule has 1 aliphatic rings. The Balaban J connectivity index is 1.83. The molecule has 0 bridgehead atoms. The van der Waals surface area contributed by atoms with Crippen molar-refractivity contribution in [3.8, 4) is 5.75 Å². The molecule has 0 saturated carbocycles. The molecule has 1 heterocycles. The summed E-state index contributed by atoms with van der Waals surface area (Å²) in [5.74, 6) is -0.609. The number of hydrogen-bond donors (Lipinski definition) is 0.